The standard InChI is InChI=1S/C12H16N2O2/c13-12(14)10-2-1-3-11(6-10)16-8-15-7-9-4-5-9/h1-3,6,9H,4-5,7-8H2,(H3,13,14). The first kappa shape index (κ1) is 11.0. The lowest BCUT2D eigenvalue weighted by molar-refractivity contribution is 0.00998. The van der Waals surface area contributed by atoms with Crippen molar-refractivity contribution < 1.29 is 9.47 Å². The lowest BCUT2D eigenvalue weighted by Crippen LogP contribution is -2.11. The van der Waals surface area contributed by atoms with Gasteiger partial charge in [-0.1, -0.05) is 12.1 Å². The van der Waals surface area contributed by atoms with Crippen LogP contribution in [0, 0.1) is 11.3 Å². The maximum Gasteiger partial charge on any atom is 0.189 e. The van der Waals surface area contributed by atoms with E-state index in [9.17, 15) is 0 Å². The molecule has 1 saturated carbocycles. The third-order valence-corrected chi connectivity index (χ3v) is 2.50. The minimum atomic E-state index is 0.0457. The Morgan fingerprint density at radius 3 is 2.94 bits per heavy atom. The molecule has 0 spiro atoms. The Morgan fingerprint density at radius 2 is 2.25 bits per heavy atom. The molecule has 2 rings (SSSR count). The molecular formula is C12H16N2O2. The first-order valence-corrected chi connectivity index (χ1v) is 5.40. The molecule has 0 aliphatic heterocycles. The molecule has 1 aromatic rings. The van der Waals surface area contributed by atoms with Crippen molar-refractivity contribution >= 4 is 5.84 Å². The monoisotopic (exact) mass is 220 g/mol. The van der Waals surface area contributed by atoms with Gasteiger partial charge in [0.05, 0.1) is 6.61 Å². The molecule has 4 nitrogen and oxygen atoms in total. The molecule has 3 N–H and O–H groups in total. The van der Waals surface area contributed by atoms with Gasteiger partial charge in [-0.2, -0.15) is 0 Å². The number of hydrogen-bond donors (Lipinski definition) is 2. The molecule has 0 heterocycles. The normalized spacial score (nSPS) is 14.8. The van der Waals surface area contributed by atoms with Gasteiger partial charge in [-0.05, 0) is 30.9 Å². The fourth-order valence-electron chi connectivity index (χ4n) is 1.36. The van der Waals surface area contributed by atoms with Gasteiger partial charge in [0.1, 0.15) is 11.6 Å². The number of ether oxygens (including phenoxy) is 2. The van der Waals surface area contributed by atoms with Crippen LogP contribution >= 0.6 is 0 Å². The van der Waals surface area contributed by atoms with E-state index in [0.717, 1.165) is 12.5 Å². The van der Waals surface area contributed by atoms with Crippen LogP contribution in [0.2, 0.25) is 0 Å². The van der Waals surface area contributed by atoms with Crippen LogP contribution in [0.1, 0.15) is 18.4 Å². The molecular weight excluding hydrogens is 204 g/mol. The Morgan fingerprint density at radius 1 is 1.44 bits per heavy atom. The number of nitrogens with one attached hydrogen (secondary N) is 1. The first-order valence-electron chi connectivity index (χ1n) is 5.40. The van der Waals surface area contributed by atoms with Crippen LogP contribution in [-0.2, 0) is 4.74 Å². The molecule has 16 heavy (non-hydrogen) atoms. The van der Waals surface area contributed by atoms with Gasteiger partial charge in [-0.15, -0.1) is 0 Å². The average molecular weight is 220 g/mol. The zero-order chi connectivity index (χ0) is 11.4. The summed E-state index contributed by atoms with van der Waals surface area (Å²) >= 11 is 0. The predicted octanol–water partition coefficient (Wildman–Crippen LogP) is 1.73. The van der Waals surface area contributed by atoms with Crippen molar-refractivity contribution in [1.29, 1.82) is 5.41 Å². The van der Waals surface area contributed by atoms with E-state index in [1.54, 1.807) is 12.1 Å². The number of nitrogens with two attached hydrogens (primary N) is 1. The molecule has 4 heteroatoms. The molecule has 0 bridgehead atoms. The van der Waals surface area contributed by atoms with E-state index in [0.29, 0.717) is 11.3 Å². The Hall–Kier alpha value is -1.55. The highest BCUT2D eigenvalue weighted by Gasteiger charge is 2.21. The number of nitrogen functional groups attached to an aromatic ring is 1. The van der Waals surface area contributed by atoms with Crippen molar-refractivity contribution in [2.24, 2.45) is 11.7 Å². The van der Waals surface area contributed by atoms with E-state index in [4.69, 9.17) is 20.6 Å². The van der Waals surface area contributed by atoms with Crippen LogP contribution in [0.25, 0.3) is 0 Å². The average Bonchev–Trinajstić information content (AvgIpc) is 3.09. The minimum Gasteiger partial charge on any atom is -0.468 e. The summed E-state index contributed by atoms with van der Waals surface area (Å²) in [7, 11) is 0. The molecule has 1 aliphatic carbocycles. The zero-order valence-electron chi connectivity index (χ0n) is 9.11. The second-order valence-electron chi connectivity index (χ2n) is 4.02. The Balaban J connectivity index is 1.78. The van der Waals surface area contributed by atoms with Crippen molar-refractivity contribution in [3.05, 3.63) is 29.8 Å². The van der Waals surface area contributed by atoms with E-state index in [1.165, 1.54) is 12.8 Å². The summed E-state index contributed by atoms with van der Waals surface area (Å²) in [4.78, 5) is 0. The Kier molecular flexibility index (Phi) is 3.41. The highest BCUT2D eigenvalue weighted by molar-refractivity contribution is 5.95. The fourth-order valence-corrected chi connectivity index (χ4v) is 1.36. The van der Waals surface area contributed by atoms with Gasteiger partial charge in [0.15, 0.2) is 6.79 Å². The van der Waals surface area contributed by atoms with Crippen LogP contribution in [-0.4, -0.2) is 19.2 Å². The second kappa shape index (κ2) is 4.99. The molecule has 86 valence electrons. The number of hydrogen-bond acceptors (Lipinski definition) is 3. The molecule has 0 unspecified atom stereocenters. The van der Waals surface area contributed by atoms with Crippen molar-refractivity contribution in [2.75, 3.05) is 13.4 Å². The van der Waals surface area contributed by atoms with Crippen LogP contribution in [0.15, 0.2) is 24.3 Å². The van der Waals surface area contributed by atoms with Gasteiger partial charge in [0.25, 0.3) is 0 Å². The maximum absolute atomic E-state index is 7.30. The summed E-state index contributed by atoms with van der Waals surface area (Å²) in [5.41, 5.74) is 6.05. The van der Waals surface area contributed by atoms with E-state index >= 15 is 0 Å². The molecule has 1 fully saturated rings. The molecule has 1 aliphatic rings. The van der Waals surface area contributed by atoms with E-state index in [-0.39, 0.29) is 12.6 Å². The predicted molar refractivity (Wildman–Crippen MR) is 61.6 cm³/mol. The number of benzene rings is 1. The van der Waals surface area contributed by atoms with Crippen LogP contribution in [0.5, 0.6) is 5.75 Å². The lowest BCUT2D eigenvalue weighted by atomic mass is 10.2. The molecule has 0 amide bonds. The SMILES string of the molecule is N=C(N)c1cccc(OCOCC2CC2)c1. The molecule has 0 atom stereocenters. The van der Waals surface area contributed by atoms with Gasteiger partial charge < -0.3 is 15.2 Å². The number of rotatable bonds is 6. The summed E-state index contributed by atoms with van der Waals surface area (Å²) in [6.07, 6.45) is 2.56. The molecule has 0 saturated heterocycles. The molecule has 0 radical (unpaired) electrons. The highest BCUT2D eigenvalue weighted by Crippen LogP contribution is 2.28. The van der Waals surface area contributed by atoms with Crippen molar-refractivity contribution in [1.82, 2.24) is 0 Å². The second-order valence-corrected chi connectivity index (χ2v) is 4.02. The van der Waals surface area contributed by atoms with Crippen LogP contribution in [0.4, 0.5) is 0 Å². The fraction of sp³-hybridized carbons (Fsp3) is 0.417. The van der Waals surface area contributed by atoms with E-state index in [2.05, 4.69) is 0 Å². The van der Waals surface area contributed by atoms with Gasteiger partial charge in [0.2, 0.25) is 0 Å². The summed E-state index contributed by atoms with van der Waals surface area (Å²) in [5.74, 6) is 1.47. The van der Waals surface area contributed by atoms with Gasteiger partial charge in [0, 0.05) is 5.56 Å². The summed E-state index contributed by atoms with van der Waals surface area (Å²) in [6, 6.07) is 7.16. The minimum absolute atomic E-state index is 0.0457. The van der Waals surface area contributed by atoms with Crippen molar-refractivity contribution in [3.8, 4) is 5.75 Å². The van der Waals surface area contributed by atoms with Crippen molar-refractivity contribution in [2.45, 2.75) is 12.8 Å². The Labute approximate surface area is 94.9 Å². The topological polar surface area (TPSA) is 68.3 Å². The third kappa shape index (κ3) is 3.24. The first-order chi connectivity index (χ1) is 7.75. The summed E-state index contributed by atoms with van der Waals surface area (Å²) < 4.78 is 10.8. The third-order valence-electron chi connectivity index (χ3n) is 2.50. The lowest BCUT2D eigenvalue weighted by Gasteiger charge is -2.07. The summed E-state index contributed by atoms with van der Waals surface area (Å²) in [5, 5.41) is 7.30. The van der Waals surface area contributed by atoms with E-state index < -0.39 is 0 Å². The number of amidine groups is 1. The van der Waals surface area contributed by atoms with Gasteiger partial charge in [-0.3, -0.25) is 5.41 Å². The Bertz CT molecular complexity index is 375. The van der Waals surface area contributed by atoms with Crippen molar-refractivity contribution in [3.63, 3.8) is 0 Å². The van der Waals surface area contributed by atoms with Gasteiger partial charge in [-0.25, -0.2) is 0 Å². The summed E-state index contributed by atoms with van der Waals surface area (Å²) in [6.45, 7) is 1.05. The quantitative estimate of drug-likeness (QED) is 0.332. The maximum atomic E-state index is 7.30. The van der Waals surface area contributed by atoms with Crippen LogP contribution in [0.3, 0.4) is 0 Å². The molecule has 1 aromatic carbocycles. The molecule has 0 aromatic heterocycles. The smallest absolute Gasteiger partial charge is 0.189 e. The van der Waals surface area contributed by atoms with Gasteiger partial charge >= 0.3 is 0 Å². The zero-order valence-corrected chi connectivity index (χ0v) is 9.11. The highest BCUT2D eigenvalue weighted by atomic mass is 16.7. The largest absolute Gasteiger partial charge is 0.468 e. The van der Waals surface area contributed by atoms with E-state index in [1.807, 2.05) is 12.1 Å². The van der Waals surface area contributed by atoms with Crippen LogP contribution < -0.4 is 10.5 Å².